The summed E-state index contributed by atoms with van der Waals surface area (Å²) in [5, 5.41) is 0. The number of nitrogens with one attached hydrogen (secondary N) is 1. The van der Waals surface area contributed by atoms with Crippen LogP contribution in [-0.4, -0.2) is 26.7 Å². The van der Waals surface area contributed by atoms with E-state index in [4.69, 9.17) is 0 Å². The van der Waals surface area contributed by atoms with Crippen LogP contribution in [0.15, 0.2) is 0 Å². The number of ether oxygens (including phenoxy) is 1. The SMILES string of the molecule is O=C1OC(=O)C2C3CC(CC3NS(=O)[O-])C12. The van der Waals surface area contributed by atoms with Crippen molar-refractivity contribution < 1.29 is 23.1 Å². The lowest BCUT2D eigenvalue weighted by atomic mass is 9.79. The maximum absolute atomic E-state index is 11.5. The molecule has 3 fully saturated rings. The highest BCUT2D eigenvalue weighted by Crippen LogP contribution is 2.55. The molecule has 6 unspecified atom stereocenters. The van der Waals surface area contributed by atoms with Gasteiger partial charge < -0.3 is 9.29 Å². The summed E-state index contributed by atoms with van der Waals surface area (Å²) in [5.41, 5.74) is 0. The molecule has 0 amide bonds. The Kier molecular flexibility index (Phi) is 2.17. The van der Waals surface area contributed by atoms with E-state index in [0.29, 0.717) is 6.42 Å². The van der Waals surface area contributed by atoms with Gasteiger partial charge in [-0.2, -0.15) is 0 Å². The molecule has 0 aromatic rings. The molecular formula is C9H10NO5S-. The minimum atomic E-state index is -2.32. The second-order valence-electron chi connectivity index (χ2n) is 4.65. The average Bonchev–Trinajstić information content (AvgIpc) is 2.78. The fourth-order valence-corrected chi connectivity index (χ4v) is 4.03. The van der Waals surface area contributed by atoms with Crippen molar-refractivity contribution in [3.8, 4) is 0 Å². The molecule has 1 N–H and O–H groups in total. The van der Waals surface area contributed by atoms with Crippen molar-refractivity contribution in [3.05, 3.63) is 0 Å². The van der Waals surface area contributed by atoms with Crippen LogP contribution in [0.5, 0.6) is 0 Å². The third kappa shape index (κ3) is 1.28. The lowest BCUT2D eigenvalue weighted by Crippen LogP contribution is -2.42. The molecule has 6 atom stereocenters. The first kappa shape index (κ1) is 10.4. The van der Waals surface area contributed by atoms with Gasteiger partial charge in [-0.25, -0.2) is 4.72 Å². The molecular weight excluding hydrogens is 234 g/mol. The molecule has 0 aromatic carbocycles. The van der Waals surface area contributed by atoms with Crippen molar-refractivity contribution >= 4 is 23.2 Å². The Bertz CT molecular complexity index is 397. The predicted molar refractivity (Wildman–Crippen MR) is 50.1 cm³/mol. The Hall–Kier alpha value is -0.790. The van der Waals surface area contributed by atoms with E-state index in [9.17, 15) is 18.4 Å². The van der Waals surface area contributed by atoms with Crippen molar-refractivity contribution in [1.82, 2.24) is 4.72 Å². The Morgan fingerprint density at radius 3 is 2.62 bits per heavy atom. The van der Waals surface area contributed by atoms with Gasteiger partial charge in [0.05, 0.1) is 11.8 Å². The summed E-state index contributed by atoms with van der Waals surface area (Å²) in [7, 11) is 0. The first-order valence-electron chi connectivity index (χ1n) is 5.19. The average molecular weight is 244 g/mol. The van der Waals surface area contributed by atoms with Gasteiger partial charge >= 0.3 is 11.9 Å². The standard InChI is InChI=1S/C9H11NO5S/c11-8-6-3-1-4(7(6)9(12)15-8)5(2-3)10-16(13)14/h3-7,10H,1-2H2,(H,13,14)/p-1. The van der Waals surface area contributed by atoms with Crippen LogP contribution in [0.4, 0.5) is 0 Å². The van der Waals surface area contributed by atoms with E-state index >= 15 is 0 Å². The lowest BCUT2D eigenvalue weighted by Gasteiger charge is -2.28. The molecule has 2 aliphatic carbocycles. The van der Waals surface area contributed by atoms with Gasteiger partial charge in [0.2, 0.25) is 0 Å². The number of carbonyl (C=O) groups is 2. The van der Waals surface area contributed by atoms with E-state index in [0.717, 1.165) is 6.42 Å². The highest BCUT2D eigenvalue weighted by atomic mass is 32.2. The number of hydrogen-bond acceptors (Lipinski definition) is 5. The molecule has 3 aliphatic rings. The molecule has 7 heteroatoms. The van der Waals surface area contributed by atoms with E-state index in [2.05, 4.69) is 9.46 Å². The highest BCUT2D eigenvalue weighted by molar-refractivity contribution is 7.77. The molecule has 88 valence electrons. The normalized spacial score (nSPS) is 46.9. The van der Waals surface area contributed by atoms with Crippen LogP contribution in [0.3, 0.4) is 0 Å². The topological polar surface area (TPSA) is 95.5 Å². The largest absolute Gasteiger partial charge is 0.760 e. The number of carbonyl (C=O) groups excluding carboxylic acids is 2. The molecule has 1 saturated heterocycles. The molecule has 1 aliphatic heterocycles. The summed E-state index contributed by atoms with van der Waals surface area (Å²) in [4.78, 5) is 22.9. The van der Waals surface area contributed by atoms with E-state index in [1.807, 2.05) is 0 Å². The van der Waals surface area contributed by atoms with Crippen molar-refractivity contribution in [3.63, 3.8) is 0 Å². The van der Waals surface area contributed by atoms with Crippen LogP contribution in [0.25, 0.3) is 0 Å². The van der Waals surface area contributed by atoms with Gasteiger partial charge in [0, 0.05) is 17.3 Å². The van der Waals surface area contributed by atoms with Gasteiger partial charge in [-0.05, 0) is 24.7 Å². The van der Waals surface area contributed by atoms with E-state index in [1.54, 1.807) is 0 Å². The maximum Gasteiger partial charge on any atom is 0.317 e. The minimum absolute atomic E-state index is 0.0770. The third-order valence-electron chi connectivity index (χ3n) is 4.00. The quantitative estimate of drug-likeness (QED) is 0.385. The van der Waals surface area contributed by atoms with Crippen LogP contribution >= 0.6 is 0 Å². The number of esters is 2. The van der Waals surface area contributed by atoms with Gasteiger partial charge in [-0.3, -0.25) is 13.8 Å². The molecule has 6 nitrogen and oxygen atoms in total. The number of fused-ring (bicyclic) bond motifs is 5. The van der Waals surface area contributed by atoms with Gasteiger partial charge in [0.15, 0.2) is 0 Å². The van der Waals surface area contributed by atoms with Gasteiger partial charge in [-0.15, -0.1) is 0 Å². The number of cyclic esters (lactones) is 2. The zero-order valence-electron chi connectivity index (χ0n) is 8.25. The van der Waals surface area contributed by atoms with Gasteiger partial charge in [0.1, 0.15) is 0 Å². The van der Waals surface area contributed by atoms with Crippen LogP contribution in [-0.2, 0) is 25.6 Å². The predicted octanol–water partition coefficient (Wildman–Crippen LogP) is -0.906. The minimum Gasteiger partial charge on any atom is -0.760 e. The monoisotopic (exact) mass is 244 g/mol. The first-order chi connectivity index (χ1) is 7.58. The maximum atomic E-state index is 11.5. The van der Waals surface area contributed by atoms with Crippen LogP contribution in [0, 0.1) is 23.7 Å². The van der Waals surface area contributed by atoms with Crippen LogP contribution in [0.2, 0.25) is 0 Å². The van der Waals surface area contributed by atoms with Crippen molar-refractivity contribution in [1.29, 1.82) is 0 Å². The molecule has 2 saturated carbocycles. The molecule has 2 bridgehead atoms. The molecule has 16 heavy (non-hydrogen) atoms. The summed E-state index contributed by atoms with van der Waals surface area (Å²) in [6.07, 6.45) is 1.37. The summed E-state index contributed by atoms with van der Waals surface area (Å²) in [6, 6.07) is -0.219. The summed E-state index contributed by atoms with van der Waals surface area (Å²) >= 11 is -2.32. The summed E-state index contributed by atoms with van der Waals surface area (Å²) in [5.74, 6) is -1.64. The van der Waals surface area contributed by atoms with Crippen LogP contribution < -0.4 is 4.72 Å². The summed E-state index contributed by atoms with van der Waals surface area (Å²) < 4.78 is 28.2. The van der Waals surface area contributed by atoms with Gasteiger partial charge in [-0.1, -0.05) is 0 Å². The number of hydrogen-bond donors (Lipinski definition) is 1. The Morgan fingerprint density at radius 2 is 1.94 bits per heavy atom. The first-order valence-corrected chi connectivity index (χ1v) is 6.26. The zero-order chi connectivity index (χ0) is 11.4. The third-order valence-corrected chi connectivity index (χ3v) is 4.49. The highest BCUT2D eigenvalue weighted by Gasteiger charge is 2.62. The molecule has 3 rings (SSSR count). The Balaban J connectivity index is 1.84. The Morgan fingerprint density at radius 1 is 1.25 bits per heavy atom. The number of rotatable bonds is 2. The molecule has 0 radical (unpaired) electrons. The second-order valence-corrected chi connectivity index (χ2v) is 5.35. The van der Waals surface area contributed by atoms with E-state index < -0.39 is 29.1 Å². The van der Waals surface area contributed by atoms with E-state index in [-0.39, 0.29) is 23.8 Å². The second kappa shape index (κ2) is 3.35. The van der Waals surface area contributed by atoms with Crippen molar-refractivity contribution in [2.45, 2.75) is 18.9 Å². The zero-order valence-corrected chi connectivity index (χ0v) is 9.07. The van der Waals surface area contributed by atoms with Crippen molar-refractivity contribution in [2.75, 3.05) is 0 Å². The fraction of sp³-hybridized carbons (Fsp3) is 0.778. The molecule has 0 spiro atoms. The Labute approximate surface area is 94.1 Å². The lowest BCUT2D eigenvalue weighted by molar-refractivity contribution is -0.154. The van der Waals surface area contributed by atoms with Gasteiger partial charge in [0.25, 0.3) is 0 Å². The van der Waals surface area contributed by atoms with Crippen molar-refractivity contribution in [2.24, 2.45) is 23.7 Å². The molecule has 0 aromatic heterocycles. The summed E-state index contributed by atoms with van der Waals surface area (Å²) in [6.45, 7) is 0. The smallest absolute Gasteiger partial charge is 0.317 e. The molecule has 1 heterocycles. The van der Waals surface area contributed by atoms with Crippen LogP contribution in [0.1, 0.15) is 12.8 Å². The fourth-order valence-electron chi connectivity index (χ4n) is 3.52. The van der Waals surface area contributed by atoms with E-state index in [1.165, 1.54) is 0 Å².